The summed E-state index contributed by atoms with van der Waals surface area (Å²) < 4.78 is 0. The third-order valence-corrected chi connectivity index (χ3v) is 1.29. The van der Waals surface area contributed by atoms with Crippen LogP contribution in [0.15, 0.2) is 0 Å². The number of aliphatic carboxylic acids is 3. The van der Waals surface area contributed by atoms with Gasteiger partial charge in [0.25, 0.3) is 0 Å². The maximum Gasteiger partial charge on any atom is 0.336 e. The first kappa shape index (κ1) is 20.4. The van der Waals surface area contributed by atoms with E-state index in [0.717, 1.165) is 0 Å². The first-order valence-corrected chi connectivity index (χ1v) is 3.17. The van der Waals surface area contributed by atoms with E-state index in [4.69, 9.17) is 20.4 Å². The quantitative estimate of drug-likeness (QED) is 0.444. The Kier molecular flexibility index (Phi) is 11.1. The second-order valence-electron chi connectivity index (χ2n) is 2.48. The molecule has 9 heteroatoms. The van der Waals surface area contributed by atoms with Crippen molar-refractivity contribution in [3.8, 4) is 0 Å². The molecule has 7 nitrogen and oxygen atoms in total. The standard InChI is InChI=1S/C6H8O7.Na.Zn/c7-3(8)1-6(13,5(11)12)2-4(9)10;;/h13H,1-2H2,(H,7,8)(H,9,10)(H,11,12);;. The van der Waals surface area contributed by atoms with Crippen molar-refractivity contribution >= 4 is 47.5 Å². The molecule has 15 heavy (non-hydrogen) atoms. The van der Waals surface area contributed by atoms with E-state index >= 15 is 0 Å². The van der Waals surface area contributed by atoms with E-state index in [-0.39, 0.29) is 49.0 Å². The Hall–Kier alpha value is -0.00662. The fourth-order valence-corrected chi connectivity index (χ4v) is 0.714. The minimum Gasteiger partial charge on any atom is -0.481 e. The van der Waals surface area contributed by atoms with Gasteiger partial charge in [-0.15, -0.1) is 0 Å². The van der Waals surface area contributed by atoms with Gasteiger partial charge in [-0.3, -0.25) is 9.59 Å². The largest absolute Gasteiger partial charge is 0.481 e. The summed E-state index contributed by atoms with van der Waals surface area (Å²) in [4.78, 5) is 30.5. The molecule has 0 aliphatic rings. The average Bonchev–Trinajstić information content (AvgIpc) is 1.82. The summed E-state index contributed by atoms with van der Waals surface area (Å²) in [6.07, 6.45) is -2.29. The van der Waals surface area contributed by atoms with Crippen LogP contribution in [0.3, 0.4) is 0 Å². The molecule has 4 N–H and O–H groups in total. The van der Waals surface area contributed by atoms with Crippen LogP contribution in [-0.2, 0) is 33.9 Å². The fourth-order valence-electron chi connectivity index (χ4n) is 0.714. The van der Waals surface area contributed by atoms with Gasteiger partial charge in [0, 0.05) is 49.0 Å². The Labute approximate surface area is 120 Å². The molecule has 0 fully saturated rings. The number of hydrogen-bond acceptors (Lipinski definition) is 4. The summed E-state index contributed by atoms with van der Waals surface area (Å²) >= 11 is 0. The molecule has 0 spiro atoms. The molecule has 0 aromatic heterocycles. The predicted molar refractivity (Wildman–Crippen MR) is 42.8 cm³/mol. The van der Waals surface area contributed by atoms with Crippen LogP contribution in [0.5, 0.6) is 0 Å². The van der Waals surface area contributed by atoms with Gasteiger partial charge in [0.15, 0.2) is 5.60 Å². The Balaban J connectivity index is -0.000000720. The van der Waals surface area contributed by atoms with Crippen LogP contribution in [0.25, 0.3) is 0 Å². The Morgan fingerprint density at radius 3 is 1.33 bits per heavy atom. The second-order valence-corrected chi connectivity index (χ2v) is 2.48. The van der Waals surface area contributed by atoms with E-state index in [1.54, 1.807) is 0 Å². The van der Waals surface area contributed by atoms with Crippen molar-refractivity contribution in [2.45, 2.75) is 18.4 Å². The van der Waals surface area contributed by atoms with Crippen LogP contribution in [0.4, 0.5) is 0 Å². The van der Waals surface area contributed by atoms with E-state index in [1.807, 2.05) is 0 Å². The Bertz CT molecular complexity index is 238. The van der Waals surface area contributed by atoms with Gasteiger partial charge in [-0.05, 0) is 0 Å². The van der Waals surface area contributed by atoms with E-state index in [0.29, 0.717) is 0 Å². The van der Waals surface area contributed by atoms with Gasteiger partial charge in [0.05, 0.1) is 12.8 Å². The van der Waals surface area contributed by atoms with Gasteiger partial charge >= 0.3 is 17.9 Å². The SMILES string of the molecule is O=C(O)CC(O)(CC(=O)O)C(=O)O.[Na].[Zn]. The number of carboxylic acid groups (broad SMARTS) is 3. The van der Waals surface area contributed by atoms with E-state index in [2.05, 4.69) is 0 Å². The number of hydrogen-bond donors (Lipinski definition) is 4. The maximum atomic E-state index is 10.3. The molecular formula is C6H8NaO7Zn. The van der Waals surface area contributed by atoms with Crippen molar-refractivity contribution in [1.82, 2.24) is 0 Å². The van der Waals surface area contributed by atoms with Crippen LogP contribution >= 0.6 is 0 Å². The van der Waals surface area contributed by atoms with Gasteiger partial charge in [0.1, 0.15) is 0 Å². The topological polar surface area (TPSA) is 132 Å². The van der Waals surface area contributed by atoms with Crippen molar-refractivity contribution < 1.29 is 54.3 Å². The van der Waals surface area contributed by atoms with Crippen molar-refractivity contribution in [3.05, 3.63) is 0 Å². The average molecular weight is 281 g/mol. The van der Waals surface area contributed by atoms with Crippen molar-refractivity contribution in [2.24, 2.45) is 0 Å². The van der Waals surface area contributed by atoms with Gasteiger partial charge < -0.3 is 20.4 Å². The first-order valence-electron chi connectivity index (χ1n) is 3.17. The van der Waals surface area contributed by atoms with E-state index < -0.39 is 36.4 Å². The third kappa shape index (κ3) is 7.87. The predicted octanol–water partition coefficient (Wildman–Crippen LogP) is -1.63. The van der Waals surface area contributed by atoms with Crippen LogP contribution in [0.1, 0.15) is 12.8 Å². The van der Waals surface area contributed by atoms with Crippen LogP contribution in [0, 0.1) is 0 Å². The minimum absolute atomic E-state index is 0. The molecule has 0 amide bonds. The van der Waals surface area contributed by atoms with Crippen molar-refractivity contribution in [1.29, 1.82) is 0 Å². The minimum atomic E-state index is -2.74. The van der Waals surface area contributed by atoms with Gasteiger partial charge in [-0.2, -0.15) is 0 Å². The Morgan fingerprint density at radius 1 is 0.933 bits per heavy atom. The first-order chi connectivity index (χ1) is 5.78. The summed E-state index contributed by atoms with van der Waals surface area (Å²) in [5.74, 6) is -5.02. The molecule has 1 radical (unpaired) electrons. The molecule has 0 heterocycles. The van der Waals surface area contributed by atoms with Crippen LogP contribution in [-0.4, -0.2) is 73.5 Å². The monoisotopic (exact) mass is 279 g/mol. The number of carbonyl (C=O) groups is 3. The van der Waals surface area contributed by atoms with Crippen LogP contribution < -0.4 is 0 Å². The maximum absolute atomic E-state index is 10.3. The molecule has 0 aromatic carbocycles. The smallest absolute Gasteiger partial charge is 0.336 e. The summed E-state index contributed by atoms with van der Waals surface area (Å²) in [6, 6.07) is 0. The molecule has 0 unspecified atom stereocenters. The zero-order valence-electron chi connectivity index (χ0n) is 8.13. The van der Waals surface area contributed by atoms with Gasteiger partial charge in [-0.1, -0.05) is 0 Å². The van der Waals surface area contributed by atoms with Crippen molar-refractivity contribution in [2.75, 3.05) is 0 Å². The molecule has 0 aliphatic carbocycles. The zero-order valence-corrected chi connectivity index (χ0v) is 13.1. The molecule has 0 aliphatic heterocycles. The van der Waals surface area contributed by atoms with Crippen LogP contribution in [0.2, 0.25) is 0 Å². The molecule has 0 aromatic rings. The molecule has 0 rings (SSSR count). The zero-order chi connectivity index (χ0) is 10.6. The fraction of sp³-hybridized carbons (Fsp3) is 0.500. The normalized spacial score (nSPS) is 9.40. The summed E-state index contributed by atoms with van der Waals surface area (Å²) in [7, 11) is 0. The van der Waals surface area contributed by atoms with Crippen molar-refractivity contribution in [3.63, 3.8) is 0 Å². The van der Waals surface area contributed by atoms with E-state index in [9.17, 15) is 14.4 Å². The van der Waals surface area contributed by atoms with Gasteiger partial charge in [-0.25, -0.2) is 4.79 Å². The summed E-state index contributed by atoms with van der Waals surface area (Å²) in [5.41, 5.74) is -2.74. The molecule has 0 saturated carbocycles. The summed E-state index contributed by atoms with van der Waals surface area (Å²) in [6.45, 7) is 0. The Morgan fingerprint density at radius 2 is 1.20 bits per heavy atom. The third-order valence-electron chi connectivity index (χ3n) is 1.29. The number of aliphatic hydroxyl groups is 1. The summed E-state index contributed by atoms with van der Waals surface area (Å²) in [5, 5.41) is 33.8. The number of carboxylic acids is 3. The van der Waals surface area contributed by atoms with Gasteiger partial charge in [0.2, 0.25) is 0 Å². The second kappa shape index (κ2) is 8.18. The molecule has 0 saturated heterocycles. The molecule has 0 bridgehead atoms. The van der Waals surface area contributed by atoms with E-state index in [1.165, 1.54) is 0 Å². The molecular weight excluding hydrogens is 272 g/mol. The molecule has 77 valence electrons. The number of rotatable bonds is 5. The molecule has 0 atom stereocenters.